The largest absolute Gasteiger partial charge is 0.439 e. The minimum atomic E-state index is -0.00772. The van der Waals surface area contributed by atoms with Gasteiger partial charge in [0.25, 0.3) is 5.91 Å². The summed E-state index contributed by atoms with van der Waals surface area (Å²) in [5.74, 6) is 1.58. The maximum atomic E-state index is 13.3. The average Bonchev–Trinajstić information content (AvgIpc) is 3.42. The number of anilines is 1. The van der Waals surface area contributed by atoms with Crippen LogP contribution in [0.3, 0.4) is 0 Å². The van der Waals surface area contributed by atoms with Gasteiger partial charge in [0, 0.05) is 25.7 Å². The number of thiocarbonyl (C=S) groups is 1. The van der Waals surface area contributed by atoms with E-state index in [0.29, 0.717) is 9.23 Å². The number of ether oxygens (including phenoxy) is 1. The van der Waals surface area contributed by atoms with E-state index in [1.165, 1.54) is 11.8 Å². The van der Waals surface area contributed by atoms with Crippen LogP contribution in [0.15, 0.2) is 58.9 Å². The van der Waals surface area contributed by atoms with E-state index in [-0.39, 0.29) is 12.1 Å². The Balaban J connectivity index is 1.61. The molecule has 0 bridgehead atoms. The van der Waals surface area contributed by atoms with Crippen LogP contribution in [0.5, 0.6) is 5.75 Å². The molecule has 0 aliphatic carbocycles. The molecule has 1 unspecified atom stereocenters. The van der Waals surface area contributed by atoms with Gasteiger partial charge in [-0.25, -0.2) is 0 Å². The SMILES string of the molecule is CCC(N1CC=CC1)N1C(=O)/C(=C(C)\C=C2\Oc3ccccc3N2CC)SC1=S. The van der Waals surface area contributed by atoms with Crippen molar-refractivity contribution in [3.05, 3.63) is 58.9 Å². The van der Waals surface area contributed by atoms with Gasteiger partial charge in [0.1, 0.15) is 4.32 Å². The second kappa shape index (κ2) is 8.34. The number of fused-ring (bicyclic) bond motifs is 1. The normalized spacial score (nSPS) is 23.2. The summed E-state index contributed by atoms with van der Waals surface area (Å²) < 4.78 is 6.68. The summed E-state index contributed by atoms with van der Waals surface area (Å²) in [6.45, 7) is 8.64. The fraction of sp³-hybridized carbons (Fsp3) is 0.364. The number of para-hydroxylation sites is 2. The van der Waals surface area contributed by atoms with Crippen LogP contribution in [0, 0.1) is 0 Å². The first-order valence-electron chi connectivity index (χ1n) is 9.96. The standard InChI is InChI=1S/C22H25N3O2S2/c1-4-18(23-12-8-9-13-23)25-21(26)20(29-22(25)28)15(3)14-19-24(5-2)16-10-6-7-11-17(16)27-19/h6-11,14,18H,4-5,12-13H2,1-3H3/b19-14+,20-15+. The van der Waals surface area contributed by atoms with Gasteiger partial charge in [0.2, 0.25) is 5.88 Å². The van der Waals surface area contributed by atoms with Gasteiger partial charge in [-0.15, -0.1) is 0 Å². The molecule has 1 atom stereocenters. The molecule has 3 aliphatic heterocycles. The van der Waals surface area contributed by atoms with Gasteiger partial charge in [-0.3, -0.25) is 14.6 Å². The fourth-order valence-electron chi connectivity index (χ4n) is 3.96. The Morgan fingerprint density at radius 2 is 2.00 bits per heavy atom. The van der Waals surface area contributed by atoms with E-state index in [2.05, 4.69) is 35.8 Å². The highest BCUT2D eigenvalue weighted by molar-refractivity contribution is 8.26. The molecule has 1 fully saturated rings. The fourth-order valence-corrected chi connectivity index (χ4v) is 5.30. The van der Waals surface area contributed by atoms with Crippen molar-refractivity contribution in [2.24, 2.45) is 0 Å². The van der Waals surface area contributed by atoms with Gasteiger partial charge in [-0.2, -0.15) is 0 Å². The highest BCUT2D eigenvalue weighted by Gasteiger charge is 2.40. The van der Waals surface area contributed by atoms with Gasteiger partial charge in [0.05, 0.1) is 16.8 Å². The molecule has 0 radical (unpaired) electrons. The Hall–Kier alpha value is -2.09. The van der Waals surface area contributed by atoms with Crippen LogP contribution in [0.4, 0.5) is 5.69 Å². The zero-order chi connectivity index (χ0) is 20.5. The summed E-state index contributed by atoms with van der Waals surface area (Å²) in [7, 11) is 0. The van der Waals surface area contributed by atoms with E-state index in [1.807, 2.05) is 37.3 Å². The van der Waals surface area contributed by atoms with Gasteiger partial charge in [-0.05, 0) is 38.0 Å². The van der Waals surface area contributed by atoms with E-state index >= 15 is 0 Å². The second-order valence-corrected chi connectivity index (χ2v) is 8.81. The number of amides is 1. The third-order valence-electron chi connectivity index (χ3n) is 5.38. The van der Waals surface area contributed by atoms with Crippen molar-refractivity contribution < 1.29 is 9.53 Å². The number of rotatable bonds is 5. The predicted octanol–water partition coefficient (Wildman–Crippen LogP) is 4.49. The van der Waals surface area contributed by atoms with Crippen molar-refractivity contribution in [2.75, 3.05) is 24.5 Å². The molecular weight excluding hydrogens is 402 g/mol. The summed E-state index contributed by atoms with van der Waals surface area (Å²) in [5, 5.41) is 0. The number of carbonyl (C=O) groups is 1. The first kappa shape index (κ1) is 20.2. The minimum Gasteiger partial charge on any atom is -0.439 e. The number of carbonyl (C=O) groups excluding carboxylic acids is 1. The minimum absolute atomic E-state index is 0.00502. The molecule has 1 saturated heterocycles. The summed E-state index contributed by atoms with van der Waals surface area (Å²) in [6, 6.07) is 7.98. The highest BCUT2D eigenvalue weighted by atomic mass is 32.2. The van der Waals surface area contributed by atoms with Crippen LogP contribution < -0.4 is 9.64 Å². The lowest BCUT2D eigenvalue weighted by molar-refractivity contribution is -0.126. The number of hydrogen-bond acceptors (Lipinski definition) is 6. The molecule has 0 N–H and O–H groups in total. The van der Waals surface area contributed by atoms with E-state index in [9.17, 15) is 4.79 Å². The van der Waals surface area contributed by atoms with Crippen LogP contribution in [0.1, 0.15) is 27.2 Å². The zero-order valence-corrected chi connectivity index (χ0v) is 18.6. The van der Waals surface area contributed by atoms with Crippen molar-refractivity contribution in [1.29, 1.82) is 0 Å². The molecule has 1 aromatic carbocycles. The lowest BCUT2D eigenvalue weighted by atomic mass is 10.2. The molecule has 0 saturated carbocycles. The summed E-state index contributed by atoms with van der Waals surface area (Å²) in [6.07, 6.45) is 7.06. The van der Waals surface area contributed by atoms with Crippen molar-refractivity contribution in [3.63, 3.8) is 0 Å². The Kier molecular flexibility index (Phi) is 5.81. The molecular formula is C22H25N3O2S2. The number of hydrogen-bond donors (Lipinski definition) is 0. The second-order valence-electron chi connectivity index (χ2n) is 7.17. The third-order valence-corrected chi connectivity index (χ3v) is 6.90. The van der Waals surface area contributed by atoms with Gasteiger partial charge < -0.3 is 9.64 Å². The van der Waals surface area contributed by atoms with E-state index < -0.39 is 0 Å². The van der Waals surface area contributed by atoms with Crippen molar-refractivity contribution in [2.45, 2.75) is 33.4 Å². The monoisotopic (exact) mass is 427 g/mol. The van der Waals surface area contributed by atoms with Crippen LogP contribution in [-0.4, -0.2) is 45.8 Å². The van der Waals surface area contributed by atoms with Gasteiger partial charge in [-0.1, -0.05) is 55.2 Å². The summed E-state index contributed by atoms with van der Waals surface area (Å²) in [5.41, 5.74) is 1.93. The smallest absolute Gasteiger partial charge is 0.267 e. The molecule has 152 valence electrons. The Labute approximate surface area is 181 Å². The average molecular weight is 428 g/mol. The molecule has 3 aliphatic rings. The van der Waals surface area contributed by atoms with E-state index in [0.717, 1.165) is 48.9 Å². The maximum Gasteiger partial charge on any atom is 0.267 e. The summed E-state index contributed by atoms with van der Waals surface area (Å²) in [4.78, 5) is 20.1. The van der Waals surface area contributed by atoms with Crippen molar-refractivity contribution in [1.82, 2.24) is 9.80 Å². The zero-order valence-electron chi connectivity index (χ0n) is 16.9. The topological polar surface area (TPSA) is 36.0 Å². The number of allylic oxidation sites excluding steroid dienone is 2. The number of benzene rings is 1. The Morgan fingerprint density at radius 1 is 1.28 bits per heavy atom. The lowest BCUT2D eigenvalue weighted by Crippen LogP contribution is -2.49. The first-order valence-corrected chi connectivity index (χ1v) is 11.2. The number of nitrogens with zero attached hydrogens (tertiary/aromatic N) is 3. The molecule has 1 aromatic rings. The molecule has 5 nitrogen and oxygen atoms in total. The third kappa shape index (κ3) is 3.63. The maximum absolute atomic E-state index is 13.3. The molecule has 1 amide bonds. The van der Waals surface area contributed by atoms with Crippen molar-refractivity contribution >= 4 is 39.9 Å². The highest BCUT2D eigenvalue weighted by Crippen LogP contribution is 2.40. The van der Waals surface area contributed by atoms with Gasteiger partial charge >= 0.3 is 0 Å². The van der Waals surface area contributed by atoms with Crippen LogP contribution in [0.2, 0.25) is 0 Å². The van der Waals surface area contributed by atoms with Gasteiger partial charge in [0.15, 0.2) is 5.75 Å². The van der Waals surface area contributed by atoms with Crippen LogP contribution >= 0.6 is 24.0 Å². The van der Waals surface area contributed by atoms with Crippen LogP contribution in [0.25, 0.3) is 0 Å². The predicted molar refractivity (Wildman–Crippen MR) is 123 cm³/mol. The molecule has 0 aromatic heterocycles. The summed E-state index contributed by atoms with van der Waals surface area (Å²) >= 11 is 6.99. The van der Waals surface area contributed by atoms with Crippen molar-refractivity contribution in [3.8, 4) is 5.75 Å². The first-order chi connectivity index (χ1) is 14.0. The number of thioether (sulfide) groups is 1. The lowest BCUT2D eigenvalue weighted by Gasteiger charge is -2.33. The molecule has 0 spiro atoms. The van der Waals surface area contributed by atoms with E-state index in [1.54, 1.807) is 4.90 Å². The molecule has 7 heteroatoms. The molecule has 3 heterocycles. The Bertz CT molecular complexity index is 930. The Morgan fingerprint density at radius 3 is 2.69 bits per heavy atom. The quantitative estimate of drug-likeness (QED) is 0.391. The van der Waals surface area contributed by atoms with Crippen LogP contribution in [-0.2, 0) is 4.79 Å². The molecule has 4 rings (SSSR count). The molecule has 29 heavy (non-hydrogen) atoms. The van der Waals surface area contributed by atoms with E-state index in [4.69, 9.17) is 17.0 Å².